The van der Waals surface area contributed by atoms with Gasteiger partial charge in [0.2, 0.25) is 11.8 Å². The maximum atomic E-state index is 13.0. The van der Waals surface area contributed by atoms with Crippen LogP contribution in [0.1, 0.15) is 59.5 Å². The van der Waals surface area contributed by atoms with E-state index in [1.165, 1.54) is 5.56 Å². The number of hydrogen-bond acceptors (Lipinski definition) is 5. The van der Waals surface area contributed by atoms with Crippen molar-refractivity contribution >= 4 is 17.7 Å². The molecule has 3 heterocycles. The van der Waals surface area contributed by atoms with E-state index in [4.69, 9.17) is 9.47 Å². The fraction of sp³-hybridized carbons (Fsp3) is 0.464. The van der Waals surface area contributed by atoms with Crippen molar-refractivity contribution in [2.75, 3.05) is 33.4 Å². The SMILES string of the molecule is CN1C[C@@H](NC(=O)c2ccc(CN3CCCC3=O)c(Oc3ccc(C4CCOCC4)cc3)c2)CC1=O. The highest BCUT2D eigenvalue weighted by atomic mass is 16.5. The molecule has 8 nitrogen and oxygen atoms in total. The van der Waals surface area contributed by atoms with Crippen molar-refractivity contribution in [3.05, 3.63) is 59.2 Å². The molecule has 8 heteroatoms. The summed E-state index contributed by atoms with van der Waals surface area (Å²) in [6, 6.07) is 13.3. The molecular formula is C28H33N3O5. The Bertz CT molecular complexity index is 1130. The van der Waals surface area contributed by atoms with Gasteiger partial charge in [0, 0.05) is 63.9 Å². The molecule has 0 unspecified atom stereocenters. The van der Waals surface area contributed by atoms with Crippen LogP contribution in [0.2, 0.25) is 0 Å². The number of nitrogens with one attached hydrogen (secondary N) is 1. The first kappa shape index (κ1) is 24.3. The smallest absolute Gasteiger partial charge is 0.251 e. The van der Waals surface area contributed by atoms with Gasteiger partial charge in [-0.25, -0.2) is 0 Å². The summed E-state index contributed by atoms with van der Waals surface area (Å²) in [5.74, 6) is 1.66. The highest BCUT2D eigenvalue weighted by Crippen LogP contribution is 2.32. The van der Waals surface area contributed by atoms with Gasteiger partial charge in [-0.2, -0.15) is 0 Å². The van der Waals surface area contributed by atoms with Crippen LogP contribution in [0, 0.1) is 0 Å². The third kappa shape index (κ3) is 5.54. The van der Waals surface area contributed by atoms with Gasteiger partial charge in [0.05, 0.1) is 6.04 Å². The van der Waals surface area contributed by atoms with Crippen LogP contribution in [0.5, 0.6) is 11.5 Å². The molecule has 0 aromatic heterocycles. The molecule has 0 aliphatic carbocycles. The molecule has 0 bridgehead atoms. The quantitative estimate of drug-likeness (QED) is 0.641. The number of benzene rings is 2. The third-order valence-electron chi connectivity index (χ3n) is 7.34. The lowest BCUT2D eigenvalue weighted by Gasteiger charge is -2.22. The molecule has 2 aromatic carbocycles. The molecule has 0 radical (unpaired) electrons. The number of likely N-dealkylation sites (N-methyl/N-ethyl adjacent to an activating group) is 1. The summed E-state index contributed by atoms with van der Waals surface area (Å²) in [6.07, 6.45) is 3.78. The van der Waals surface area contributed by atoms with E-state index in [-0.39, 0.29) is 23.8 Å². The molecular weight excluding hydrogens is 458 g/mol. The highest BCUT2D eigenvalue weighted by Gasteiger charge is 2.28. The van der Waals surface area contributed by atoms with Crippen LogP contribution in [0.3, 0.4) is 0 Å². The van der Waals surface area contributed by atoms with Crippen molar-refractivity contribution in [1.82, 2.24) is 15.1 Å². The lowest BCUT2D eigenvalue weighted by Crippen LogP contribution is -2.36. The summed E-state index contributed by atoms with van der Waals surface area (Å²) in [5.41, 5.74) is 2.59. The van der Waals surface area contributed by atoms with E-state index in [1.807, 2.05) is 23.1 Å². The van der Waals surface area contributed by atoms with Crippen LogP contribution < -0.4 is 10.1 Å². The first-order valence-corrected chi connectivity index (χ1v) is 12.8. The highest BCUT2D eigenvalue weighted by molar-refractivity contribution is 5.95. The lowest BCUT2D eigenvalue weighted by atomic mass is 9.92. The number of nitrogens with zero attached hydrogens (tertiary/aromatic N) is 2. The number of hydrogen-bond donors (Lipinski definition) is 1. The molecule has 0 spiro atoms. The van der Waals surface area contributed by atoms with Crippen molar-refractivity contribution in [2.45, 2.75) is 50.6 Å². The van der Waals surface area contributed by atoms with Gasteiger partial charge in [0.25, 0.3) is 5.91 Å². The van der Waals surface area contributed by atoms with Gasteiger partial charge in [-0.05, 0) is 55.0 Å². The number of ether oxygens (including phenoxy) is 2. The molecule has 0 saturated carbocycles. The average Bonchev–Trinajstić information content (AvgIpc) is 3.44. The van der Waals surface area contributed by atoms with E-state index in [2.05, 4.69) is 17.4 Å². The molecule has 5 rings (SSSR count). The molecule has 1 N–H and O–H groups in total. The second-order valence-electron chi connectivity index (χ2n) is 9.95. The number of carbonyl (C=O) groups is 3. The zero-order valence-electron chi connectivity index (χ0n) is 20.7. The largest absolute Gasteiger partial charge is 0.457 e. The zero-order chi connectivity index (χ0) is 25.1. The van der Waals surface area contributed by atoms with Crippen LogP contribution >= 0.6 is 0 Å². The van der Waals surface area contributed by atoms with Gasteiger partial charge in [0.1, 0.15) is 11.5 Å². The minimum absolute atomic E-state index is 0.0270. The van der Waals surface area contributed by atoms with E-state index in [0.29, 0.717) is 48.9 Å². The van der Waals surface area contributed by atoms with Crippen LogP contribution in [-0.4, -0.2) is 66.9 Å². The van der Waals surface area contributed by atoms with Gasteiger partial charge in [-0.1, -0.05) is 18.2 Å². The van der Waals surface area contributed by atoms with E-state index >= 15 is 0 Å². The predicted octanol–water partition coefficient (Wildman–Crippen LogP) is 3.46. The van der Waals surface area contributed by atoms with Crippen LogP contribution in [0.4, 0.5) is 0 Å². The van der Waals surface area contributed by atoms with Crippen molar-refractivity contribution in [3.8, 4) is 11.5 Å². The summed E-state index contributed by atoms with van der Waals surface area (Å²) in [7, 11) is 1.74. The predicted molar refractivity (Wildman–Crippen MR) is 134 cm³/mol. The number of likely N-dealkylation sites (tertiary alicyclic amines) is 2. The second kappa shape index (κ2) is 10.7. The van der Waals surface area contributed by atoms with E-state index in [9.17, 15) is 14.4 Å². The molecule has 3 aliphatic rings. The lowest BCUT2D eigenvalue weighted by molar-refractivity contribution is -0.128. The normalized spacial score (nSPS) is 20.8. The third-order valence-corrected chi connectivity index (χ3v) is 7.34. The Hall–Kier alpha value is -3.39. The van der Waals surface area contributed by atoms with Gasteiger partial charge in [-0.3, -0.25) is 14.4 Å². The monoisotopic (exact) mass is 491 g/mol. The first-order valence-electron chi connectivity index (χ1n) is 12.8. The van der Waals surface area contributed by atoms with E-state index < -0.39 is 0 Å². The van der Waals surface area contributed by atoms with E-state index in [0.717, 1.165) is 44.6 Å². The molecule has 190 valence electrons. The number of carbonyl (C=O) groups excluding carboxylic acids is 3. The Balaban J connectivity index is 1.35. The van der Waals surface area contributed by atoms with Crippen molar-refractivity contribution in [1.29, 1.82) is 0 Å². The van der Waals surface area contributed by atoms with Crippen LogP contribution in [0.25, 0.3) is 0 Å². The first-order chi connectivity index (χ1) is 17.5. The molecule has 36 heavy (non-hydrogen) atoms. The van der Waals surface area contributed by atoms with Gasteiger partial charge >= 0.3 is 0 Å². The standard InChI is InChI=1S/C28H33N3O5/c1-30-18-23(16-27(30)33)29-28(34)21-4-5-22(17-31-12-2-3-26(31)32)25(15-21)36-24-8-6-19(7-9-24)20-10-13-35-14-11-20/h4-9,15,20,23H,2-3,10-14,16-18H2,1H3,(H,29,34)/t23-/m0/s1. The fourth-order valence-corrected chi connectivity index (χ4v) is 5.19. The summed E-state index contributed by atoms with van der Waals surface area (Å²) in [5, 5.41) is 2.96. The summed E-state index contributed by atoms with van der Waals surface area (Å²) < 4.78 is 11.8. The molecule has 3 aliphatic heterocycles. The Labute approximate surface area is 211 Å². The van der Waals surface area contributed by atoms with Gasteiger partial charge in [-0.15, -0.1) is 0 Å². The van der Waals surface area contributed by atoms with Gasteiger partial charge < -0.3 is 24.6 Å². The Kier molecular flexibility index (Phi) is 7.23. The summed E-state index contributed by atoms with van der Waals surface area (Å²) in [4.78, 5) is 40.5. The minimum Gasteiger partial charge on any atom is -0.457 e. The number of rotatable bonds is 7. The van der Waals surface area contributed by atoms with Crippen LogP contribution in [0.15, 0.2) is 42.5 Å². The van der Waals surface area contributed by atoms with Crippen LogP contribution in [-0.2, 0) is 20.9 Å². The molecule has 3 saturated heterocycles. The Morgan fingerprint density at radius 1 is 1.08 bits per heavy atom. The molecule has 1 atom stereocenters. The number of amides is 3. The van der Waals surface area contributed by atoms with Crippen molar-refractivity contribution in [3.63, 3.8) is 0 Å². The Morgan fingerprint density at radius 2 is 1.86 bits per heavy atom. The van der Waals surface area contributed by atoms with Crippen molar-refractivity contribution in [2.24, 2.45) is 0 Å². The van der Waals surface area contributed by atoms with E-state index in [1.54, 1.807) is 24.1 Å². The molecule has 2 aromatic rings. The molecule has 3 amide bonds. The topological polar surface area (TPSA) is 88.2 Å². The second-order valence-corrected chi connectivity index (χ2v) is 9.95. The summed E-state index contributed by atoms with van der Waals surface area (Å²) in [6.45, 7) is 3.26. The zero-order valence-corrected chi connectivity index (χ0v) is 20.7. The fourth-order valence-electron chi connectivity index (χ4n) is 5.19. The Morgan fingerprint density at radius 3 is 2.53 bits per heavy atom. The maximum Gasteiger partial charge on any atom is 0.251 e. The van der Waals surface area contributed by atoms with Crippen molar-refractivity contribution < 1.29 is 23.9 Å². The maximum absolute atomic E-state index is 13.0. The summed E-state index contributed by atoms with van der Waals surface area (Å²) >= 11 is 0. The minimum atomic E-state index is -0.244. The average molecular weight is 492 g/mol. The van der Waals surface area contributed by atoms with Gasteiger partial charge in [0.15, 0.2) is 0 Å². The molecule has 3 fully saturated rings.